The van der Waals surface area contributed by atoms with Gasteiger partial charge in [-0.3, -0.25) is 0 Å². The minimum Gasteiger partial charge on any atom is -0.346 e. The zero-order chi connectivity index (χ0) is 10.3. The van der Waals surface area contributed by atoms with Crippen molar-refractivity contribution < 1.29 is 0 Å². The number of nitriles is 1. The van der Waals surface area contributed by atoms with Gasteiger partial charge in [0.2, 0.25) is 0 Å². The van der Waals surface area contributed by atoms with E-state index in [0.29, 0.717) is 0 Å². The van der Waals surface area contributed by atoms with Crippen molar-refractivity contribution in [2.24, 2.45) is 7.05 Å². The van der Waals surface area contributed by atoms with E-state index in [-0.39, 0.29) is 0 Å². The third-order valence-electron chi connectivity index (χ3n) is 2.82. The lowest BCUT2D eigenvalue weighted by atomic mass is 10.1. The van der Waals surface area contributed by atoms with Gasteiger partial charge in [0.15, 0.2) is 0 Å². The van der Waals surface area contributed by atoms with E-state index in [2.05, 4.69) is 23.6 Å². The summed E-state index contributed by atoms with van der Waals surface area (Å²) in [5, 5.41) is 10.1. The Balaban J connectivity index is 3.05. The summed E-state index contributed by atoms with van der Waals surface area (Å²) in [7, 11) is 2.01. The van der Waals surface area contributed by atoms with Crippen LogP contribution in [0.25, 0.3) is 10.9 Å². The van der Waals surface area contributed by atoms with E-state index in [1.165, 1.54) is 11.1 Å². The molecule has 0 spiro atoms. The minimum atomic E-state index is 0.797. The number of aryl methyl sites for hydroxylation is 2. The third kappa shape index (κ3) is 0.958. The molecule has 2 rings (SSSR count). The van der Waals surface area contributed by atoms with Gasteiger partial charge in [-0.05, 0) is 19.4 Å². The third-order valence-corrected chi connectivity index (χ3v) is 2.82. The summed E-state index contributed by atoms with van der Waals surface area (Å²) in [6, 6.07) is 8.34. The Hall–Kier alpha value is -1.75. The van der Waals surface area contributed by atoms with E-state index >= 15 is 0 Å². The number of hydrogen-bond donors (Lipinski definition) is 0. The number of fused-ring (bicyclic) bond motifs is 1. The lowest BCUT2D eigenvalue weighted by molar-refractivity contribution is 0.911. The molecule has 0 aliphatic carbocycles. The highest BCUT2D eigenvalue weighted by molar-refractivity contribution is 5.90. The molecule has 0 radical (unpaired) electrons. The van der Waals surface area contributed by atoms with Crippen LogP contribution in [0.2, 0.25) is 0 Å². The van der Waals surface area contributed by atoms with Gasteiger partial charge in [0, 0.05) is 18.1 Å². The van der Waals surface area contributed by atoms with E-state index in [1.807, 2.05) is 26.1 Å². The summed E-state index contributed by atoms with van der Waals surface area (Å²) in [6.45, 7) is 4.06. The predicted molar refractivity (Wildman–Crippen MR) is 57.1 cm³/mol. The fourth-order valence-corrected chi connectivity index (χ4v) is 1.98. The van der Waals surface area contributed by atoms with Crippen LogP contribution in [0.15, 0.2) is 18.2 Å². The van der Waals surface area contributed by atoms with Gasteiger partial charge in [0.25, 0.3) is 0 Å². The Bertz CT molecular complexity index is 541. The molecule has 1 heterocycles. The fourth-order valence-electron chi connectivity index (χ4n) is 1.98. The van der Waals surface area contributed by atoms with E-state index < -0.39 is 0 Å². The number of para-hydroxylation sites is 1. The number of hydrogen-bond acceptors (Lipinski definition) is 1. The first-order valence-corrected chi connectivity index (χ1v) is 4.61. The highest BCUT2D eigenvalue weighted by Crippen LogP contribution is 2.26. The van der Waals surface area contributed by atoms with Gasteiger partial charge in [-0.15, -0.1) is 0 Å². The molecule has 0 amide bonds. The van der Waals surface area contributed by atoms with Gasteiger partial charge in [0.1, 0.15) is 6.07 Å². The predicted octanol–water partition coefficient (Wildman–Crippen LogP) is 2.67. The normalized spacial score (nSPS) is 10.4. The number of benzene rings is 1. The lowest BCUT2D eigenvalue weighted by Crippen LogP contribution is -1.91. The molecule has 0 bridgehead atoms. The van der Waals surface area contributed by atoms with Gasteiger partial charge in [-0.2, -0.15) is 5.26 Å². The van der Waals surface area contributed by atoms with Crippen molar-refractivity contribution in [1.29, 1.82) is 5.26 Å². The number of aromatic nitrogens is 1. The standard InChI is InChI=1S/C12H12N2/c1-8-5-4-6-10-11(7-13)9(2)14(3)12(8)10/h4-6H,1-3H3. The molecule has 0 unspecified atom stereocenters. The first-order chi connectivity index (χ1) is 6.66. The van der Waals surface area contributed by atoms with E-state index in [0.717, 1.165) is 16.6 Å². The molecule has 0 aliphatic heterocycles. The maximum absolute atomic E-state index is 9.06. The second kappa shape index (κ2) is 2.88. The highest BCUT2D eigenvalue weighted by atomic mass is 14.9. The van der Waals surface area contributed by atoms with Crippen molar-refractivity contribution in [3.05, 3.63) is 35.0 Å². The molecule has 0 N–H and O–H groups in total. The molecule has 1 aromatic carbocycles. The van der Waals surface area contributed by atoms with Crippen molar-refractivity contribution in [2.75, 3.05) is 0 Å². The Morgan fingerprint density at radius 1 is 1.29 bits per heavy atom. The number of rotatable bonds is 0. The largest absolute Gasteiger partial charge is 0.346 e. The summed E-state index contributed by atoms with van der Waals surface area (Å²) >= 11 is 0. The Morgan fingerprint density at radius 2 is 2.00 bits per heavy atom. The molecule has 14 heavy (non-hydrogen) atoms. The molecule has 0 aliphatic rings. The van der Waals surface area contributed by atoms with Crippen molar-refractivity contribution in [1.82, 2.24) is 4.57 Å². The van der Waals surface area contributed by atoms with Crippen molar-refractivity contribution in [2.45, 2.75) is 13.8 Å². The second-order valence-electron chi connectivity index (χ2n) is 3.60. The smallest absolute Gasteiger partial charge is 0.102 e. The maximum atomic E-state index is 9.06. The van der Waals surface area contributed by atoms with Gasteiger partial charge >= 0.3 is 0 Å². The lowest BCUT2D eigenvalue weighted by Gasteiger charge is -2.00. The summed E-state index contributed by atoms with van der Waals surface area (Å²) in [6.07, 6.45) is 0. The maximum Gasteiger partial charge on any atom is 0.102 e. The van der Waals surface area contributed by atoms with Crippen LogP contribution < -0.4 is 0 Å². The molecule has 0 saturated heterocycles. The van der Waals surface area contributed by atoms with Crippen LogP contribution in [0.3, 0.4) is 0 Å². The van der Waals surface area contributed by atoms with E-state index in [9.17, 15) is 0 Å². The zero-order valence-corrected chi connectivity index (χ0v) is 8.63. The summed E-state index contributed by atoms with van der Waals surface area (Å²) in [5.41, 5.74) is 4.22. The Morgan fingerprint density at radius 3 is 2.64 bits per heavy atom. The number of nitrogens with zero attached hydrogens (tertiary/aromatic N) is 2. The molecular formula is C12H12N2. The molecule has 2 nitrogen and oxygen atoms in total. The van der Waals surface area contributed by atoms with E-state index in [4.69, 9.17) is 5.26 Å². The molecule has 70 valence electrons. The van der Waals surface area contributed by atoms with Crippen LogP contribution in [0.1, 0.15) is 16.8 Å². The minimum absolute atomic E-state index is 0.797. The van der Waals surface area contributed by atoms with Gasteiger partial charge in [-0.25, -0.2) is 0 Å². The molecule has 2 aromatic rings. The van der Waals surface area contributed by atoms with Crippen LogP contribution in [-0.4, -0.2) is 4.57 Å². The molecule has 0 saturated carbocycles. The fraction of sp³-hybridized carbons (Fsp3) is 0.250. The Labute approximate surface area is 83.4 Å². The van der Waals surface area contributed by atoms with Crippen molar-refractivity contribution >= 4 is 10.9 Å². The summed E-state index contributed by atoms with van der Waals surface area (Å²) in [5.74, 6) is 0. The van der Waals surface area contributed by atoms with Crippen LogP contribution in [0.4, 0.5) is 0 Å². The van der Waals surface area contributed by atoms with Crippen molar-refractivity contribution in [3.8, 4) is 6.07 Å². The molecular weight excluding hydrogens is 172 g/mol. The molecule has 0 fully saturated rings. The van der Waals surface area contributed by atoms with Crippen LogP contribution >= 0.6 is 0 Å². The molecule has 2 heteroatoms. The van der Waals surface area contributed by atoms with Crippen LogP contribution in [-0.2, 0) is 7.05 Å². The van der Waals surface area contributed by atoms with E-state index in [1.54, 1.807) is 0 Å². The first kappa shape index (κ1) is 8.83. The molecule has 0 atom stereocenters. The summed E-state index contributed by atoms with van der Waals surface area (Å²) < 4.78 is 2.09. The second-order valence-corrected chi connectivity index (χ2v) is 3.60. The van der Waals surface area contributed by atoms with Crippen LogP contribution in [0.5, 0.6) is 0 Å². The van der Waals surface area contributed by atoms with Gasteiger partial charge < -0.3 is 4.57 Å². The van der Waals surface area contributed by atoms with Gasteiger partial charge in [0.05, 0.1) is 11.1 Å². The van der Waals surface area contributed by atoms with Crippen molar-refractivity contribution in [3.63, 3.8) is 0 Å². The highest BCUT2D eigenvalue weighted by Gasteiger charge is 2.11. The SMILES string of the molecule is Cc1cccc2c(C#N)c(C)n(C)c12. The molecule has 1 aromatic heterocycles. The Kier molecular flexibility index (Phi) is 1.82. The average molecular weight is 184 g/mol. The van der Waals surface area contributed by atoms with Crippen LogP contribution in [0, 0.1) is 25.2 Å². The topological polar surface area (TPSA) is 28.7 Å². The monoisotopic (exact) mass is 184 g/mol. The first-order valence-electron chi connectivity index (χ1n) is 4.61. The average Bonchev–Trinajstić information content (AvgIpc) is 2.41. The summed E-state index contributed by atoms with van der Waals surface area (Å²) in [4.78, 5) is 0. The quantitative estimate of drug-likeness (QED) is 0.618. The zero-order valence-electron chi connectivity index (χ0n) is 8.63. The van der Waals surface area contributed by atoms with Gasteiger partial charge in [-0.1, -0.05) is 18.2 Å².